The molecule has 1 rings (SSSR count). The summed E-state index contributed by atoms with van der Waals surface area (Å²) >= 11 is 0. The van der Waals surface area contributed by atoms with Gasteiger partial charge >= 0.3 is 0 Å². The monoisotopic (exact) mass is 296 g/mol. The number of aliphatic hydroxyl groups excluding tert-OH is 2. The molecule has 0 spiro atoms. The molecule has 0 saturated heterocycles. The summed E-state index contributed by atoms with van der Waals surface area (Å²) in [5.74, 6) is 0.565. The van der Waals surface area contributed by atoms with E-state index < -0.39 is 12.2 Å². The number of ether oxygens (including phenoxy) is 1. The third-order valence-electron chi connectivity index (χ3n) is 3.70. The molecule has 0 heterocycles. The summed E-state index contributed by atoms with van der Waals surface area (Å²) in [6.45, 7) is 2.13. The minimum atomic E-state index is -0.499. The Kier molecular flexibility index (Phi) is 8.16. The highest BCUT2D eigenvalue weighted by molar-refractivity contribution is 5.41. The molecule has 0 saturated carbocycles. The van der Waals surface area contributed by atoms with Crippen LogP contribution in [0.25, 0.3) is 0 Å². The van der Waals surface area contributed by atoms with Crippen molar-refractivity contribution in [1.29, 1.82) is 0 Å². The molecule has 120 valence electrons. The van der Waals surface area contributed by atoms with E-state index >= 15 is 0 Å². The summed E-state index contributed by atoms with van der Waals surface area (Å²) in [7, 11) is 1.51. The van der Waals surface area contributed by atoms with Crippen molar-refractivity contribution in [3.8, 4) is 11.5 Å². The third kappa shape index (κ3) is 6.82. The molecule has 0 aliphatic heterocycles. The molecule has 21 heavy (non-hydrogen) atoms. The highest BCUT2D eigenvalue weighted by Gasteiger charge is 2.12. The van der Waals surface area contributed by atoms with Gasteiger partial charge < -0.3 is 20.1 Å². The predicted molar refractivity (Wildman–Crippen MR) is 83.8 cm³/mol. The molecule has 0 aliphatic carbocycles. The number of aliphatic hydroxyl groups is 2. The van der Waals surface area contributed by atoms with Crippen LogP contribution in [-0.4, -0.2) is 34.6 Å². The van der Waals surface area contributed by atoms with Gasteiger partial charge in [0.15, 0.2) is 11.5 Å². The highest BCUT2D eigenvalue weighted by atomic mass is 16.5. The van der Waals surface area contributed by atoms with Crippen LogP contribution in [0.5, 0.6) is 11.5 Å². The number of benzene rings is 1. The molecule has 0 aromatic heterocycles. The fourth-order valence-corrected chi connectivity index (χ4v) is 2.39. The standard InChI is InChI=1S/C17H28O4/c1-3-4-5-6-14(18)12-15(19)9-7-13-8-10-16(20)17(11-13)21-2/h8,10-11,14-15,18-20H,3-7,9,12H2,1-2H3/t14-,15-/m1/s1. The number of aromatic hydroxyl groups is 1. The summed E-state index contributed by atoms with van der Waals surface area (Å²) in [6, 6.07) is 5.20. The number of rotatable bonds is 10. The lowest BCUT2D eigenvalue weighted by Crippen LogP contribution is -2.18. The Labute approximate surface area is 127 Å². The third-order valence-corrected chi connectivity index (χ3v) is 3.70. The van der Waals surface area contributed by atoms with Crippen molar-refractivity contribution in [2.24, 2.45) is 0 Å². The van der Waals surface area contributed by atoms with Gasteiger partial charge in [0.2, 0.25) is 0 Å². The molecule has 1 aromatic rings. The maximum Gasteiger partial charge on any atom is 0.160 e. The van der Waals surface area contributed by atoms with Crippen LogP contribution in [-0.2, 0) is 6.42 Å². The van der Waals surface area contributed by atoms with Gasteiger partial charge in [0, 0.05) is 0 Å². The Hall–Kier alpha value is -1.26. The fourth-order valence-electron chi connectivity index (χ4n) is 2.39. The first-order valence-corrected chi connectivity index (χ1v) is 7.78. The molecule has 0 amide bonds. The van der Waals surface area contributed by atoms with Gasteiger partial charge in [-0.05, 0) is 43.4 Å². The number of unbranched alkanes of at least 4 members (excludes halogenated alkanes) is 2. The van der Waals surface area contributed by atoms with E-state index in [1.54, 1.807) is 12.1 Å². The second-order valence-corrected chi connectivity index (χ2v) is 5.58. The summed E-state index contributed by atoms with van der Waals surface area (Å²) in [6.07, 6.45) is 4.84. The van der Waals surface area contributed by atoms with Crippen molar-refractivity contribution in [2.45, 2.75) is 64.1 Å². The molecule has 0 aliphatic rings. The average Bonchev–Trinajstić information content (AvgIpc) is 2.46. The first-order chi connectivity index (χ1) is 10.1. The topological polar surface area (TPSA) is 69.9 Å². The van der Waals surface area contributed by atoms with Crippen molar-refractivity contribution in [2.75, 3.05) is 7.11 Å². The Morgan fingerprint density at radius 2 is 1.81 bits per heavy atom. The van der Waals surface area contributed by atoms with Crippen molar-refractivity contribution >= 4 is 0 Å². The quantitative estimate of drug-likeness (QED) is 0.580. The smallest absolute Gasteiger partial charge is 0.160 e. The number of aryl methyl sites for hydroxylation is 1. The SMILES string of the molecule is CCCCC[C@@H](O)C[C@H](O)CCc1ccc(O)c(OC)c1. The zero-order chi connectivity index (χ0) is 15.7. The predicted octanol–water partition coefficient (Wildman–Crippen LogP) is 3.03. The Bertz CT molecular complexity index is 406. The number of phenols is 1. The summed E-state index contributed by atoms with van der Waals surface area (Å²) in [4.78, 5) is 0. The van der Waals surface area contributed by atoms with Gasteiger partial charge in [-0.2, -0.15) is 0 Å². The zero-order valence-corrected chi connectivity index (χ0v) is 13.1. The Morgan fingerprint density at radius 3 is 2.48 bits per heavy atom. The average molecular weight is 296 g/mol. The van der Waals surface area contributed by atoms with Crippen LogP contribution in [0.3, 0.4) is 0 Å². The van der Waals surface area contributed by atoms with Crippen LogP contribution in [0.15, 0.2) is 18.2 Å². The molecule has 1 aromatic carbocycles. The van der Waals surface area contributed by atoms with Crippen LogP contribution in [0.2, 0.25) is 0 Å². The normalized spacial score (nSPS) is 13.9. The van der Waals surface area contributed by atoms with Crippen molar-refractivity contribution in [3.05, 3.63) is 23.8 Å². The van der Waals surface area contributed by atoms with Crippen LogP contribution >= 0.6 is 0 Å². The van der Waals surface area contributed by atoms with Crippen LogP contribution < -0.4 is 4.74 Å². The van der Waals surface area contributed by atoms with Crippen molar-refractivity contribution < 1.29 is 20.1 Å². The first-order valence-electron chi connectivity index (χ1n) is 7.78. The Balaban J connectivity index is 2.33. The lowest BCUT2D eigenvalue weighted by atomic mass is 10.00. The molecule has 0 bridgehead atoms. The molecular weight excluding hydrogens is 268 g/mol. The van der Waals surface area contributed by atoms with E-state index in [4.69, 9.17) is 4.74 Å². The molecule has 2 atom stereocenters. The molecule has 4 nitrogen and oxygen atoms in total. The lowest BCUT2D eigenvalue weighted by molar-refractivity contribution is 0.0698. The minimum absolute atomic E-state index is 0.119. The van der Waals surface area contributed by atoms with Crippen LogP contribution in [0, 0.1) is 0 Å². The molecule has 3 N–H and O–H groups in total. The molecule has 4 heteroatoms. The largest absolute Gasteiger partial charge is 0.504 e. The lowest BCUT2D eigenvalue weighted by Gasteiger charge is -2.16. The van der Waals surface area contributed by atoms with E-state index in [0.29, 0.717) is 25.0 Å². The highest BCUT2D eigenvalue weighted by Crippen LogP contribution is 2.27. The maximum atomic E-state index is 9.98. The molecule has 0 unspecified atom stereocenters. The summed E-state index contributed by atoms with van der Waals surface area (Å²) in [5.41, 5.74) is 1.00. The van der Waals surface area contributed by atoms with Gasteiger partial charge in [0.25, 0.3) is 0 Å². The van der Waals surface area contributed by atoms with E-state index in [1.165, 1.54) is 7.11 Å². The van der Waals surface area contributed by atoms with E-state index in [2.05, 4.69) is 6.92 Å². The summed E-state index contributed by atoms with van der Waals surface area (Å²) in [5, 5.41) is 29.4. The van der Waals surface area contributed by atoms with Gasteiger partial charge in [0.05, 0.1) is 19.3 Å². The summed E-state index contributed by atoms with van der Waals surface area (Å²) < 4.78 is 5.06. The molecular formula is C17H28O4. The van der Waals surface area contributed by atoms with Crippen molar-refractivity contribution in [3.63, 3.8) is 0 Å². The van der Waals surface area contributed by atoms with Gasteiger partial charge in [-0.1, -0.05) is 32.3 Å². The number of hydrogen-bond donors (Lipinski definition) is 3. The molecule has 0 fully saturated rings. The number of methoxy groups -OCH3 is 1. The molecule has 0 radical (unpaired) electrons. The minimum Gasteiger partial charge on any atom is -0.504 e. The van der Waals surface area contributed by atoms with E-state index in [-0.39, 0.29) is 5.75 Å². The van der Waals surface area contributed by atoms with Crippen LogP contribution in [0.1, 0.15) is 51.0 Å². The number of hydrogen-bond acceptors (Lipinski definition) is 4. The van der Waals surface area contributed by atoms with E-state index in [1.807, 2.05) is 6.07 Å². The van der Waals surface area contributed by atoms with Gasteiger partial charge in [-0.3, -0.25) is 0 Å². The van der Waals surface area contributed by atoms with E-state index in [9.17, 15) is 15.3 Å². The first kappa shape index (κ1) is 17.8. The Morgan fingerprint density at radius 1 is 1.10 bits per heavy atom. The van der Waals surface area contributed by atoms with Crippen molar-refractivity contribution in [1.82, 2.24) is 0 Å². The zero-order valence-electron chi connectivity index (χ0n) is 13.1. The van der Waals surface area contributed by atoms with Gasteiger partial charge in [-0.15, -0.1) is 0 Å². The number of phenolic OH excluding ortho intramolecular Hbond substituents is 1. The second-order valence-electron chi connectivity index (χ2n) is 5.58. The van der Waals surface area contributed by atoms with Crippen LogP contribution in [0.4, 0.5) is 0 Å². The fraction of sp³-hybridized carbons (Fsp3) is 0.647. The maximum absolute atomic E-state index is 9.98. The van der Waals surface area contributed by atoms with Gasteiger partial charge in [-0.25, -0.2) is 0 Å². The second kappa shape index (κ2) is 9.64. The van der Waals surface area contributed by atoms with Gasteiger partial charge in [0.1, 0.15) is 0 Å². The van der Waals surface area contributed by atoms with E-state index in [0.717, 1.165) is 31.2 Å².